The molecule has 2 rings (SSSR count). The van der Waals surface area contributed by atoms with Crippen molar-refractivity contribution in [1.82, 2.24) is 0 Å². The predicted octanol–water partition coefficient (Wildman–Crippen LogP) is 3.25. The van der Waals surface area contributed by atoms with Crippen molar-refractivity contribution in [2.45, 2.75) is 13.0 Å². The minimum Gasteiger partial charge on any atom is -0.451 e. The Balaban J connectivity index is 2.06. The second kappa shape index (κ2) is 6.10. The Morgan fingerprint density at radius 3 is 2.30 bits per heavy atom. The average Bonchev–Trinajstić information content (AvgIpc) is 2.47. The molecule has 0 saturated heterocycles. The third-order valence-corrected chi connectivity index (χ3v) is 2.77. The Bertz CT molecular complexity index is 623. The average molecular weight is 272 g/mol. The van der Waals surface area contributed by atoms with Crippen LogP contribution in [0, 0.1) is 5.82 Å². The van der Waals surface area contributed by atoms with Gasteiger partial charge in [-0.05, 0) is 25.1 Å². The van der Waals surface area contributed by atoms with E-state index in [1.165, 1.54) is 25.1 Å². The van der Waals surface area contributed by atoms with E-state index in [9.17, 15) is 14.0 Å². The van der Waals surface area contributed by atoms with Crippen molar-refractivity contribution >= 4 is 11.8 Å². The van der Waals surface area contributed by atoms with Crippen molar-refractivity contribution in [2.75, 3.05) is 0 Å². The summed E-state index contributed by atoms with van der Waals surface area (Å²) in [4.78, 5) is 23.8. The molecule has 102 valence electrons. The first kappa shape index (κ1) is 13.9. The number of rotatable bonds is 4. The molecule has 20 heavy (non-hydrogen) atoms. The third-order valence-electron chi connectivity index (χ3n) is 2.77. The van der Waals surface area contributed by atoms with Crippen LogP contribution in [0.5, 0.6) is 0 Å². The number of benzene rings is 2. The smallest absolute Gasteiger partial charge is 0.338 e. The molecule has 2 aromatic rings. The van der Waals surface area contributed by atoms with Gasteiger partial charge in [-0.15, -0.1) is 0 Å². The van der Waals surface area contributed by atoms with Crippen LogP contribution in [0.25, 0.3) is 0 Å². The fourth-order valence-electron chi connectivity index (χ4n) is 1.73. The molecule has 3 nitrogen and oxygen atoms in total. The highest BCUT2D eigenvalue weighted by atomic mass is 19.1. The van der Waals surface area contributed by atoms with Gasteiger partial charge in [-0.3, -0.25) is 4.79 Å². The first-order valence-corrected chi connectivity index (χ1v) is 6.14. The number of carbonyl (C=O) groups is 2. The van der Waals surface area contributed by atoms with Gasteiger partial charge in [-0.2, -0.15) is 0 Å². The van der Waals surface area contributed by atoms with E-state index in [1.807, 2.05) is 0 Å². The maximum Gasteiger partial charge on any atom is 0.338 e. The number of hydrogen-bond acceptors (Lipinski definition) is 3. The third kappa shape index (κ3) is 3.29. The molecule has 0 unspecified atom stereocenters. The van der Waals surface area contributed by atoms with E-state index in [0.29, 0.717) is 5.56 Å². The number of esters is 1. The van der Waals surface area contributed by atoms with E-state index in [-0.39, 0.29) is 11.3 Å². The van der Waals surface area contributed by atoms with Gasteiger partial charge in [0.1, 0.15) is 5.82 Å². The molecule has 0 aliphatic rings. The van der Waals surface area contributed by atoms with Gasteiger partial charge in [0.15, 0.2) is 6.10 Å². The summed E-state index contributed by atoms with van der Waals surface area (Å²) >= 11 is 0. The molecule has 4 heteroatoms. The van der Waals surface area contributed by atoms with Gasteiger partial charge in [0.05, 0.1) is 5.56 Å². The van der Waals surface area contributed by atoms with E-state index in [2.05, 4.69) is 0 Å². The molecule has 0 aliphatic carbocycles. The van der Waals surface area contributed by atoms with Crippen LogP contribution >= 0.6 is 0 Å². The van der Waals surface area contributed by atoms with Crippen LogP contribution in [0.3, 0.4) is 0 Å². The maximum absolute atomic E-state index is 13.0. The summed E-state index contributed by atoms with van der Waals surface area (Å²) in [7, 11) is 0. The van der Waals surface area contributed by atoms with Crippen LogP contribution in [-0.2, 0) is 4.74 Å². The van der Waals surface area contributed by atoms with Gasteiger partial charge in [-0.25, -0.2) is 9.18 Å². The molecule has 1 atom stereocenters. The molecule has 0 saturated carbocycles. The van der Waals surface area contributed by atoms with Crippen molar-refractivity contribution in [3.63, 3.8) is 0 Å². The summed E-state index contributed by atoms with van der Waals surface area (Å²) in [5.41, 5.74) is 0.546. The van der Waals surface area contributed by atoms with Gasteiger partial charge < -0.3 is 4.74 Å². The van der Waals surface area contributed by atoms with Crippen molar-refractivity contribution < 1.29 is 18.7 Å². The summed E-state index contributed by atoms with van der Waals surface area (Å²) in [5.74, 6) is -1.54. The van der Waals surface area contributed by atoms with E-state index in [1.54, 1.807) is 30.3 Å². The molecule has 0 radical (unpaired) electrons. The molecular weight excluding hydrogens is 259 g/mol. The monoisotopic (exact) mass is 272 g/mol. The van der Waals surface area contributed by atoms with E-state index in [0.717, 1.165) is 6.07 Å². The lowest BCUT2D eigenvalue weighted by atomic mass is 10.1. The molecule has 2 aromatic carbocycles. The van der Waals surface area contributed by atoms with Crippen LogP contribution in [0.4, 0.5) is 4.39 Å². The largest absolute Gasteiger partial charge is 0.451 e. The lowest BCUT2D eigenvalue weighted by molar-refractivity contribution is 0.0318. The Kier molecular flexibility index (Phi) is 4.25. The van der Waals surface area contributed by atoms with Crippen molar-refractivity contribution in [2.24, 2.45) is 0 Å². The fraction of sp³-hybridized carbons (Fsp3) is 0.125. The lowest BCUT2D eigenvalue weighted by Gasteiger charge is -2.12. The number of Topliss-reactive ketones (excluding diaryl/α,β-unsaturated/α-hetero) is 1. The van der Waals surface area contributed by atoms with E-state index >= 15 is 0 Å². The molecule has 0 aliphatic heterocycles. The highest BCUT2D eigenvalue weighted by molar-refractivity contribution is 6.01. The van der Waals surface area contributed by atoms with Crippen LogP contribution in [0.2, 0.25) is 0 Å². The second-order valence-electron chi connectivity index (χ2n) is 4.29. The number of ketones is 1. The first-order valence-electron chi connectivity index (χ1n) is 6.14. The minimum absolute atomic E-state index is 0.0812. The standard InChI is InChI=1S/C16H13FO3/c1-11(15(18)12-6-3-2-4-7-12)20-16(19)13-8-5-9-14(17)10-13/h2-11H,1H3/t11-/m0/s1. The predicted molar refractivity (Wildman–Crippen MR) is 72.1 cm³/mol. The highest BCUT2D eigenvalue weighted by Crippen LogP contribution is 2.10. The maximum atomic E-state index is 13.0. The minimum atomic E-state index is -0.923. The lowest BCUT2D eigenvalue weighted by Crippen LogP contribution is -2.24. The molecule has 0 heterocycles. The van der Waals surface area contributed by atoms with E-state index in [4.69, 9.17) is 4.74 Å². The Morgan fingerprint density at radius 1 is 1.00 bits per heavy atom. The van der Waals surface area contributed by atoms with Crippen molar-refractivity contribution in [3.05, 3.63) is 71.5 Å². The zero-order chi connectivity index (χ0) is 14.5. The number of halogens is 1. The molecule has 0 bridgehead atoms. The Labute approximate surface area is 116 Å². The van der Waals surface area contributed by atoms with Crippen LogP contribution in [-0.4, -0.2) is 17.9 Å². The van der Waals surface area contributed by atoms with Gasteiger partial charge in [0, 0.05) is 5.56 Å². The topological polar surface area (TPSA) is 43.4 Å². The van der Waals surface area contributed by atoms with Crippen LogP contribution in [0.15, 0.2) is 54.6 Å². The summed E-state index contributed by atoms with van der Waals surface area (Å²) < 4.78 is 18.1. The summed E-state index contributed by atoms with van der Waals surface area (Å²) in [6.07, 6.45) is -0.923. The van der Waals surface area contributed by atoms with Gasteiger partial charge in [-0.1, -0.05) is 36.4 Å². The van der Waals surface area contributed by atoms with Crippen molar-refractivity contribution in [3.8, 4) is 0 Å². The molecule has 0 spiro atoms. The van der Waals surface area contributed by atoms with Gasteiger partial charge in [0.2, 0.25) is 5.78 Å². The number of carbonyl (C=O) groups excluding carboxylic acids is 2. The molecule has 0 N–H and O–H groups in total. The quantitative estimate of drug-likeness (QED) is 0.634. The fourth-order valence-corrected chi connectivity index (χ4v) is 1.73. The van der Waals surface area contributed by atoms with E-state index < -0.39 is 17.9 Å². The molecule has 0 amide bonds. The molecule has 0 aromatic heterocycles. The SMILES string of the molecule is C[C@H](OC(=O)c1cccc(F)c1)C(=O)c1ccccc1. The summed E-state index contributed by atoms with van der Waals surface area (Å²) in [6.45, 7) is 1.49. The zero-order valence-electron chi connectivity index (χ0n) is 10.9. The van der Waals surface area contributed by atoms with Crippen molar-refractivity contribution in [1.29, 1.82) is 0 Å². The first-order chi connectivity index (χ1) is 9.58. The Hall–Kier alpha value is -2.49. The molecular formula is C16H13FO3. The van der Waals surface area contributed by atoms with Gasteiger partial charge in [0.25, 0.3) is 0 Å². The Morgan fingerprint density at radius 2 is 1.65 bits per heavy atom. The van der Waals surface area contributed by atoms with Crippen LogP contribution < -0.4 is 0 Å². The second-order valence-corrected chi connectivity index (χ2v) is 4.29. The zero-order valence-corrected chi connectivity index (χ0v) is 10.9. The molecule has 0 fully saturated rings. The summed E-state index contributed by atoms with van der Waals surface area (Å²) in [5, 5.41) is 0. The number of hydrogen-bond donors (Lipinski definition) is 0. The normalized spacial score (nSPS) is 11.7. The van der Waals surface area contributed by atoms with Crippen LogP contribution in [0.1, 0.15) is 27.6 Å². The van der Waals surface area contributed by atoms with Gasteiger partial charge >= 0.3 is 5.97 Å². The highest BCUT2D eigenvalue weighted by Gasteiger charge is 2.20. The summed E-state index contributed by atoms with van der Waals surface area (Å²) in [6, 6.07) is 13.7. The number of ether oxygens (including phenoxy) is 1.